The van der Waals surface area contributed by atoms with Gasteiger partial charge in [-0.15, -0.1) is 0 Å². The fourth-order valence-electron chi connectivity index (χ4n) is 1.87. The SMILES string of the molecule is Cc1c(NC(=O)C2=NNC(=O)CC2)cccc1C(N)=O. The van der Waals surface area contributed by atoms with Crippen molar-refractivity contribution >= 4 is 29.1 Å². The van der Waals surface area contributed by atoms with Gasteiger partial charge in [0.25, 0.3) is 5.91 Å². The Morgan fingerprint density at radius 1 is 1.35 bits per heavy atom. The number of nitrogens with zero attached hydrogens (tertiary/aromatic N) is 1. The fraction of sp³-hybridized carbons (Fsp3) is 0.231. The third kappa shape index (κ3) is 2.82. The normalized spacial score (nSPS) is 14.2. The summed E-state index contributed by atoms with van der Waals surface area (Å²) in [4.78, 5) is 34.2. The highest BCUT2D eigenvalue weighted by Gasteiger charge is 2.19. The number of rotatable bonds is 3. The number of primary amides is 1. The Morgan fingerprint density at radius 3 is 2.70 bits per heavy atom. The fourth-order valence-corrected chi connectivity index (χ4v) is 1.87. The highest BCUT2D eigenvalue weighted by Crippen LogP contribution is 2.19. The highest BCUT2D eigenvalue weighted by atomic mass is 16.2. The minimum absolute atomic E-state index is 0.214. The van der Waals surface area contributed by atoms with Crippen LogP contribution >= 0.6 is 0 Å². The van der Waals surface area contributed by atoms with Crippen molar-refractivity contribution in [2.45, 2.75) is 19.8 Å². The predicted octanol–water partition coefficient (Wildman–Crippen LogP) is 0.298. The molecule has 0 spiro atoms. The van der Waals surface area contributed by atoms with Gasteiger partial charge >= 0.3 is 0 Å². The molecule has 0 radical (unpaired) electrons. The molecular formula is C13H14N4O3. The van der Waals surface area contributed by atoms with E-state index in [-0.39, 0.29) is 24.5 Å². The highest BCUT2D eigenvalue weighted by molar-refractivity contribution is 6.43. The van der Waals surface area contributed by atoms with Crippen LogP contribution in [0.2, 0.25) is 0 Å². The minimum atomic E-state index is -0.555. The van der Waals surface area contributed by atoms with Gasteiger partial charge in [0.1, 0.15) is 5.71 Å². The number of nitrogens with one attached hydrogen (secondary N) is 2. The van der Waals surface area contributed by atoms with Gasteiger partial charge in [-0.1, -0.05) is 6.07 Å². The molecule has 7 nitrogen and oxygen atoms in total. The maximum absolute atomic E-state index is 12.0. The molecule has 0 atom stereocenters. The number of hydrogen-bond donors (Lipinski definition) is 3. The zero-order chi connectivity index (χ0) is 14.7. The summed E-state index contributed by atoms with van der Waals surface area (Å²) in [5.41, 5.74) is 9.18. The summed E-state index contributed by atoms with van der Waals surface area (Å²) < 4.78 is 0. The summed E-state index contributed by atoms with van der Waals surface area (Å²) in [6.07, 6.45) is 0.513. The van der Waals surface area contributed by atoms with E-state index in [0.717, 1.165) is 0 Å². The number of hydrazone groups is 1. The van der Waals surface area contributed by atoms with Gasteiger partial charge < -0.3 is 11.1 Å². The van der Waals surface area contributed by atoms with Crippen LogP contribution in [0, 0.1) is 6.92 Å². The minimum Gasteiger partial charge on any atom is -0.366 e. The van der Waals surface area contributed by atoms with Crippen LogP contribution in [0.5, 0.6) is 0 Å². The predicted molar refractivity (Wildman–Crippen MR) is 73.1 cm³/mol. The van der Waals surface area contributed by atoms with Crippen LogP contribution in [0.15, 0.2) is 23.3 Å². The molecule has 4 N–H and O–H groups in total. The van der Waals surface area contributed by atoms with Crippen LogP contribution in [0.3, 0.4) is 0 Å². The van der Waals surface area contributed by atoms with Crippen LogP contribution < -0.4 is 16.5 Å². The van der Waals surface area contributed by atoms with Crippen molar-refractivity contribution in [1.29, 1.82) is 0 Å². The standard InChI is InChI=1S/C13H14N4O3/c1-7-8(12(14)19)3-2-4-9(7)15-13(20)10-5-6-11(18)17-16-10/h2-4H,5-6H2,1H3,(H2,14,19)(H,15,20)(H,17,18). The number of hydrogen-bond acceptors (Lipinski definition) is 4. The molecule has 104 valence electrons. The first-order valence-electron chi connectivity index (χ1n) is 6.05. The Balaban J connectivity index is 2.18. The molecule has 0 saturated heterocycles. The second-order valence-electron chi connectivity index (χ2n) is 4.39. The monoisotopic (exact) mass is 274 g/mol. The summed E-state index contributed by atoms with van der Waals surface area (Å²) in [6.45, 7) is 1.69. The van der Waals surface area contributed by atoms with E-state index in [1.165, 1.54) is 0 Å². The van der Waals surface area contributed by atoms with Crippen molar-refractivity contribution in [3.05, 3.63) is 29.3 Å². The maximum Gasteiger partial charge on any atom is 0.271 e. The topological polar surface area (TPSA) is 114 Å². The first-order chi connectivity index (χ1) is 9.49. The number of benzene rings is 1. The lowest BCUT2D eigenvalue weighted by molar-refractivity contribution is -0.121. The smallest absolute Gasteiger partial charge is 0.271 e. The molecule has 1 heterocycles. The van der Waals surface area contributed by atoms with Crippen LogP contribution in [0.1, 0.15) is 28.8 Å². The summed E-state index contributed by atoms with van der Waals surface area (Å²) in [5, 5.41) is 6.37. The van der Waals surface area contributed by atoms with Crippen molar-refractivity contribution in [2.24, 2.45) is 10.8 Å². The summed E-state index contributed by atoms with van der Waals surface area (Å²) in [5.74, 6) is -1.18. The number of carbonyl (C=O) groups is 3. The van der Waals surface area contributed by atoms with Gasteiger partial charge in [-0.25, -0.2) is 5.43 Å². The molecule has 1 aromatic rings. The third-order valence-electron chi connectivity index (χ3n) is 3.01. The van der Waals surface area contributed by atoms with Gasteiger partial charge in [0.05, 0.1) is 0 Å². The average Bonchev–Trinajstić information content (AvgIpc) is 2.41. The number of anilines is 1. The Bertz CT molecular complexity index is 622. The number of nitrogens with two attached hydrogens (primary N) is 1. The van der Waals surface area contributed by atoms with Crippen molar-refractivity contribution in [1.82, 2.24) is 5.43 Å². The lowest BCUT2D eigenvalue weighted by Gasteiger charge is -2.14. The largest absolute Gasteiger partial charge is 0.366 e. The van der Waals surface area contributed by atoms with Crippen LogP contribution in [-0.2, 0) is 9.59 Å². The van der Waals surface area contributed by atoms with Gasteiger partial charge in [-0.05, 0) is 24.6 Å². The Hall–Kier alpha value is -2.70. The van der Waals surface area contributed by atoms with Crippen molar-refractivity contribution in [3.63, 3.8) is 0 Å². The molecular weight excluding hydrogens is 260 g/mol. The summed E-state index contributed by atoms with van der Waals surface area (Å²) >= 11 is 0. The molecule has 0 unspecified atom stereocenters. The van der Waals surface area contributed by atoms with E-state index >= 15 is 0 Å². The van der Waals surface area contributed by atoms with E-state index in [2.05, 4.69) is 15.8 Å². The van der Waals surface area contributed by atoms with E-state index in [1.807, 2.05) is 0 Å². The Morgan fingerprint density at radius 2 is 2.10 bits per heavy atom. The first-order valence-corrected chi connectivity index (χ1v) is 6.05. The van der Waals surface area contributed by atoms with Gasteiger partial charge in [0, 0.05) is 24.1 Å². The van der Waals surface area contributed by atoms with E-state index in [9.17, 15) is 14.4 Å². The van der Waals surface area contributed by atoms with Gasteiger partial charge in [0.15, 0.2) is 0 Å². The van der Waals surface area contributed by atoms with Crippen LogP contribution in [0.25, 0.3) is 0 Å². The third-order valence-corrected chi connectivity index (χ3v) is 3.01. The lowest BCUT2D eigenvalue weighted by Crippen LogP contribution is -2.33. The van der Waals surface area contributed by atoms with E-state index in [0.29, 0.717) is 16.8 Å². The zero-order valence-corrected chi connectivity index (χ0v) is 10.9. The molecule has 0 bridgehead atoms. The molecule has 2 rings (SSSR count). The molecule has 1 aliphatic heterocycles. The zero-order valence-electron chi connectivity index (χ0n) is 10.9. The van der Waals surface area contributed by atoms with Gasteiger partial charge in [-0.2, -0.15) is 5.10 Å². The molecule has 1 aliphatic rings. The van der Waals surface area contributed by atoms with Gasteiger partial charge in [0.2, 0.25) is 11.8 Å². The van der Waals surface area contributed by atoms with E-state index < -0.39 is 11.8 Å². The van der Waals surface area contributed by atoms with Gasteiger partial charge in [-0.3, -0.25) is 14.4 Å². The quantitative estimate of drug-likeness (QED) is 0.736. The lowest BCUT2D eigenvalue weighted by atomic mass is 10.1. The van der Waals surface area contributed by atoms with E-state index in [1.54, 1.807) is 25.1 Å². The second-order valence-corrected chi connectivity index (χ2v) is 4.39. The Labute approximate surface area is 115 Å². The molecule has 7 heteroatoms. The van der Waals surface area contributed by atoms with Crippen molar-refractivity contribution in [2.75, 3.05) is 5.32 Å². The van der Waals surface area contributed by atoms with Crippen LogP contribution in [0.4, 0.5) is 5.69 Å². The molecule has 0 fully saturated rings. The number of carbonyl (C=O) groups excluding carboxylic acids is 3. The molecule has 1 aromatic carbocycles. The summed E-state index contributed by atoms with van der Waals surface area (Å²) in [6, 6.07) is 4.89. The number of amides is 3. The average molecular weight is 274 g/mol. The van der Waals surface area contributed by atoms with Crippen LogP contribution in [-0.4, -0.2) is 23.4 Å². The molecule has 20 heavy (non-hydrogen) atoms. The maximum atomic E-state index is 12.0. The van der Waals surface area contributed by atoms with E-state index in [4.69, 9.17) is 5.73 Å². The molecule has 0 aromatic heterocycles. The molecule has 0 saturated carbocycles. The first kappa shape index (κ1) is 13.7. The molecule has 0 aliphatic carbocycles. The summed E-state index contributed by atoms with van der Waals surface area (Å²) in [7, 11) is 0. The molecule has 3 amide bonds. The van der Waals surface area contributed by atoms with Crippen molar-refractivity contribution in [3.8, 4) is 0 Å². The Kier molecular flexibility index (Phi) is 3.79. The van der Waals surface area contributed by atoms with Crippen molar-refractivity contribution < 1.29 is 14.4 Å². The second kappa shape index (κ2) is 5.52.